The number of carbonyl (C=O) groups is 2. The number of fused-ring (bicyclic) bond motifs is 1. The maximum atomic E-state index is 13.2. The van der Waals surface area contributed by atoms with E-state index in [1.54, 1.807) is 6.07 Å². The quantitative estimate of drug-likeness (QED) is 0.838. The van der Waals surface area contributed by atoms with Gasteiger partial charge in [0.25, 0.3) is 5.91 Å². The fraction of sp³-hybridized carbons (Fsp3) is 0.500. The first-order valence-corrected chi connectivity index (χ1v) is 10.3. The van der Waals surface area contributed by atoms with Crippen LogP contribution in [0.2, 0.25) is 0 Å². The summed E-state index contributed by atoms with van der Waals surface area (Å²) < 4.78 is 5.27. The zero-order valence-corrected chi connectivity index (χ0v) is 17.2. The van der Waals surface area contributed by atoms with Gasteiger partial charge in [-0.2, -0.15) is 0 Å². The van der Waals surface area contributed by atoms with Crippen LogP contribution in [0.5, 0.6) is 0 Å². The topological polar surface area (TPSA) is 78.7 Å². The summed E-state index contributed by atoms with van der Waals surface area (Å²) in [6.45, 7) is 9.18. The van der Waals surface area contributed by atoms with Gasteiger partial charge in [-0.3, -0.25) is 14.5 Å². The number of aromatic nitrogens is 1. The van der Waals surface area contributed by atoms with Gasteiger partial charge in [0.2, 0.25) is 11.7 Å². The zero-order valence-electron chi connectivity index (χ0n) is 17.2. The Morgan fingerprint density at radius 2 is 2.00 bits per heavy atom. The summed E-state index contributed by atoms with van der Waals surface area (Å²) in [6.07, 6.45) is 0. The molecule has 0 spiro atoms. The second-order valence-electron chi connectivity index (χ2n) is 8.16. The largest absolute Gasteiger partial charge is 0.355 e. The smallest absolute Gasteiger partial charge is 0.293 e. The van der Waals surface area contributed by atoms with Crippen molar-refractivity contribution in [2.24, 2.45) is 11.8 Å². The van der Waals surface area contributed by atoms with Gasteiger partial charge >= 0.3 is 0 Å². The Hall–Kier alpha value is -2.67. The molecule has 1 N–H and O–H groups in total. The molecule has 2 aliphatic rings. The first-order valence-electron chi connectivity index (χ1n) is 10.3. The van der Waals surface area contributed by atoms with Crippen LogP contribution in [0.1, 0.15) is 40.3 Å². The Morgan fingerprint density at radius 3 is 2.69 bits per heavy atom. The minimum absolute atomic E-state index is 0.0293. The average molecular weight is 396 g/mol. The predicted octanol–water partition coefficient (Wildman–Crippen LogP) is 2.17. The van der Waals surface area contributed by atoms with Crippen LogP contribution in [0.25, 0.3) is 0 Å². The van der Waals surface area contributed by atoms with E-state index in [1.165, 1.54) is 11.1 Å². The fourth-order valence-electron chi connectivity index (χ4n) is 4.85. The summed E-state index contributed by atoms with van der Waals surface area (Å²) in [5.41, 5.74) is 3.05. The van der Waals surface area contributed by atoms with Crippen molar-refractivity contribution >= 4 is 11.8 Å². The minimum atomic E-state index is -0.108. The second kappa shape index (κ2) is 7.99. The van der Waals surface area contributed by atoms with Crippen LogP contribution >= 0.6 is 0 Å². The molecule has 0 aliphatic carbocycles. The monoisotopic (exact) mass is 396 g/mol. The third-order valence-corrected chi connectivity index (χ3v) is 6.09. The molecular formula is C22H28N4O3. The van der Waals surface area contributed by atoms with E-state index in [-0.39, 0.29) is 17.9 Å². The molecule has 7 heteroatoms. The van der Waals surface area contributed by atoms with E-state index in [0.29, 0.717) is 42.9 Å². The van der Waals surface area contributed by atoms with Gasteiger partial charge in [0.1, 0.15) is 0 Å². The molecule has 3 atom stereocenters. The molecule has 0 saturated carbocycles. The molecule has 4 rings (SSSR count). The highest BCUT2D eigenvalue weighted by Gasteiger charge is 2.50. The lowest BCUT2D eigenvalue weighted by atomic mass is 9.87. The van der Waals surface area contributed by atoms with Crippen molar-refractivity contribution in [1.29, 1.82) is 0 Å². The van der Waals surface area contributed by atoms with Crippen LogP contribution in [0, 0.1) is 25.7 Å². The molecule has 29 heavy (non-hydrogen) atoms. The standard InChI is InChI=1S/C22H28N4O3/c1-4-23-20(27)13-25-10-16-11-26(22(28)19-9-15(3)24-29-19)21(18(16)12-25)17-8-6-5-7-14(17)2/h5-9,16,18,21H,4,10-13H2,1-3H3,(H,23,27)/t16-,18-,21+/m0/s1. The molecule has 1 aromatic carbocycles. The van der Waals surface area contributed by atoms with Crippen LogP contribution in [-0.2, 0) is 4.79 Å². The molecule has 154 valence electrons. The molecule has 2 aromatic rings. The number of likely N-dealkylation sites (N-methyl/N-ethyl adjacent to an activating group) is 1. The normalized spacial score (nSPS) is 24.0. The first-order chi connectivity index (χ1) is 14.0. The van der Waals surface area contributed by atoms with Gasteiger partial charge in [0.05, 0.1) is 18.3 Å². The highest BCUT2D eigenvalue weighted by Crippen LogP contribution is 2.46. The molecule has 2 fully saturated rings. The van der Waals surface area contributed by atoms with Gasteiger partial charge in [-0.15, -0.1) is 0 Å². The summed E-state index contributed by atoms with van der Waals surface area (Å²) in [6, 6.07) is 9.92. The van der Waals surface area contributed by atoms with Gasteiger partial charge < -0.3 is 14.7 Å². The number of carbonyl (C=O) groups excluding carboxylic acids is 2. The summed E-state index contributed by atoms with van der Waals surface area (Å²) in [5.74, 6) is 0.870. The van der Waals surface area contributed by atoms with E-state index in [1.807, 2.05) is 30.9 Å². The maximum absolute atomic E-state index is 13.2. The minimum Gasteiger partial charge on any atom is -0.355 e. The molecule has 1 aromatic heterocycles. The lowest BCUT2D eigenvalue weighted by Crippen LogP contribution is -2.39. The van der Waals surface area contributed by atoms with E-state index in [0.717, 1.165) is 13.1 Å². The molecule has 0 unspecified atom stereocenters. The highest BCUT2D eigenvalue weighted by atomic mass is 16.5. The predicted molar refractivity (Wildman–Crippen MR) is 108 cm³/mol. The van der Waals surface area contributed by atoms with E-state index in [2.05, 4.69) is 34.4 Å². The van der Waals surface area contributed by atoms with Crippen molar-refractivity contribution in [1.82, 2.24) is 20.3 Å². The van der Waals surface area contributed by atoms with Gasteiger partial charge in [-0.25, -0.2) is 0 Å². The second-order valence-corrected chi connectivity index (χ2v) is 8.16. The number of aryl methyl sites for hydroxylation is 2. The Bertz CT molecular complexity index is 909. The fourth-order valence-corrected chi connectivity index (χ4v) is 4.85. The van der Waals surface area contributed by atoms with Gasteiger partial charge in [0.15, 0.2) is 0 Å². The lowest BCUT2D eigenvalue weighted by molar-refractivity contribution is -0.122. The number of likely N-dealkylation sites (tertiary alicyclic amines) is 2. The number of hydrogen-bond acceptors (Lipinski definition) is 5. The lowest BCUT2D eigenvalue weighted by Gasteiger charge is -2.30. The third kappa shape index (κ3) is 3.79. The van der Waals surface area contributed by atoms with Gasteiger partial charge in [-0.1, -0.05) is 29.4 Å². The van der Waals surface area contributed by atoms with Gasteiger partial charge in [0, 0.05) is 38.2 Å². The number of hydrogen-bond donors (Lipinski definition) is 1. The van der Waals surface area contributed by atoms with Crippen molar-refractivity contribution in [2.75, 3.05) is 32.7 Å². The molecule has 2 saturated heterocycles. The molecule has 7 nitrogen and oxygen atoms in total. The Balaban J connectivity index is 1.61. The number of rotatable bonds is 5. The SMILES string of the molecule is CCNC(=O)CN1C[C@H]2CN(C(=O)c3cc(C)no3)[C@H](c3ccccc3C)[C@H]2C1. The molecule has 0 bridgehead atoms. The van der Waals surface area contributed by atoms with Crippen LogP contribution in [-0.4, -0.2) is 59.5 Å². The number of nitrogens with one attached hydrogen (secondary N) is 1. The first kappa shape index (κ1) is 19.6. The zero-order chi connectivity index (χ0) is 20.5. The van der Waals surface area contributed by atoms with Crippen molar-refractivity contribution in [2.45, 2.75) is 26.8 Å². The summed E-state index contributed by atoms with van der Waals surface area (Å²) in [7, 11) is 0. The van der Waals surface area contributed by atoms with Gasteiger partial charge in [-0.05, 0) is 37.8 Å². The van der Waals surface area contributed by atoms with E-state index in [9.17, 15) is 9.59 Å². The number of amides is 2. The average Bonchev–Trinajstić information content (AvgIpc) is 3.36. The summed E-state index contributed by atoms with van der Waals surface area (Å²) in [4.78, 5) is 29.5. The van der Waals surface area contributed by atoms with Crippen molar-refractivity contribution in [3.05, 3.63) is 52.9 Å². The Labute approximate surface area is 171 Å². The molecule has 2 aliphatic heterocycles. The molecular weight excluding hydrogens is 368 g/mol. The molecule has 0 radical (unpaired) electrons. The van der Waals surface area contributed by atoms with Crippen LogP contribution in [0.3, 0.4) is 0 Å². The van der Waals surface area contributed by atoms with Crippen molar-refractivity contribution < 1.29 is 14.1 Å². The van der Waals surface area contributed by atoms with Crippen molar-refractivity contribution in [3.8, 4) is 0 Å². The number of benzene rings is 1. The molecule has 3 heterocycles. The maximum Gasteiger partial charge on any atom is 0.293 e. The Morgan fingerprint density at radius 1 is 1.21 bits per heavy atom. The van der Waals surface area contributed by atoms with E-state index < -0.39 is 0 Å². The van der Waals surface area contributed by atoms with Crippen molar-refractivity contribution in [3.63, 3.8) is 0 Å². The number of nitrogens with zero attached hydrogens (tertiary/aromatic N) is 3. The van der Waals surface area contributed by atoms with Crippen LogP contribution < -0.4 is 5.32 Å². The van der Waals surface area contributed by atoms with Crippen LogP contribution in [0.4, 0.5) is 0 Å². The third-order valence-electron chi connectivity index (χ3n) is 6.09. The summed E-state index contributed by atoms with van der Waals surface area (Å²) in [5, 5.41) is 6.76. The highest BCUT2D eigenvalue weighted by molar-refractivity contribution is 5.92. The molecule has 2 amide bonds. The van der Waals surface area contributed by atoms with E-state index in [4.69, 9.17) is 4.52 Å². The summed E-state index contributed by atoms with van der Waals surface area (Å²) >= 11 is 0. The van der Waals surface area contributed by atoms with E-state index >= 15 is 0 Å². The Kier molecular flexibility index (Phi) is 5.41. The van der Waals surface area contributed by atoms with Crippen LogP contribution in [0.15, 0.2) is 34.9 Å².